The molecule has 0 radical (unpaired) electrons. The lowest BCUT2D eigenvalue weighted by atomic mass is 9.86. The Kier molecular flexibility index (Phi) is 6.11. The number of imidazole rings is 1. The molecule has 2 aromatic carbocycles. The summed E-state index contributed by atoms with van der Waals surface area (Å²) in [5, 5.41) is 9.55. The van der Waals surface area contributed by atoms with Gasteiger partial charge in [0.1, 0.15) is 5.82 Å². The monoisotopic (exact) mass is 496 g/mol. The number of halogens is 3. The minimum absolute atomic E-state index is 0.0996. The van der Waals surface area contributed by atoms with Crippen LogP contribution >= 0.6 is 0 Å². The van der Waals surface area contributed by atoms with E-state index in [1.54, 1.807) is 4.57 Å². The smallest absolute Gasteiger partial charge is 0.416 e. The predicted octanol–water partition coefficient (Wildman–Crippen LogP) is 5.75. The van der Waals surface area contributed by atoms with Crippen LogP contribution in [0.5, 0.6) is 5.88 Å². The molecule has 10 heteroatoms. The molecule has 0 amide bonds. The maximum Gasteiger partial charge on any atom is 0.416 e. The second kappa shape index (κ2) is 9.25. The normalized spacial score (nSPS) is 14.1. The van der Waals surface area contributed by atoms with E-state index in [0.29, 0.717) is 29.4 Å². The summed E-state index contributed by atoms with van der Waals surface area (Å²) in [6.07, 6.45) is -1.26. The number of benzene rings is 2. The number of carboxylic acid groups (broad SMARTS) is 1. The number of aromatic nitrogens is 4. The van der Waals surface area contributed by atoms with E-state index in [1.165, 1.54) is 12.1 Å². The molecule has 0 spiro atoms. The third kappa shape index (κ3) is 4.75. The zero-order valence-electron chi connectivity index (χ0n) is 19.4. The number of aryl methyl sites for hydroxylation is 1. The van der Waals surface area contributed by atoms with Crippen molar-refractivity contribution in [2.45, 2.75) is 38.9 Å². The third-order valence-corrected chi connectivity index (χ3v) is 6.34. The summed E-state index contributed by atoms with van der Waals surface area (Å²) in [6.45, 7) is 2.48. The van der Waals surface area contributed by atoms with Gasteiger partial charge in [-0.2, -0.15) is 18.2 Å². The van der Waals surface area contributed by atoms with E-state index >= 15 is 0 Å². The highest BCUT2D eigenvalue weighted by molar-refractivity contribution is 5.89. The zero-order chi connectivity index (χ0) is 25.4. The molecule has 0 saturated heterocycles. The van der Waals surface area contributed by atoms with Crippen molar-refractivity contribution in [3.8, 4) is 17.3 Å². The molecule has 1 fully saturated rings. The Balaban J connectivity index is 1.66. The van der Waals surface area contributed by atoms with Gasteiger partial charge >= 0.3 is 12.1 Å². The van der Waals surface area contributed by atoms with Gasteiger partial charge in [0.2, 0.25) is 11.7 Å². The van der Waals surface area contributed by atoms with E-state index < -0.39 is 23.5 Å². The number of ether oxygens (including phenoxy) is 1. The highest BCUT2D eigenvalue weighted by Gasteiger charge is 2.30. The van der Waals surface area contributed by atoms with Crippen LogP contribution in [0.25, 0.3) is 22.6 Å². The number of hydrogen-bond acceptors (Lipinski definition) is 5. The van der Waals surface area contributed by atoms with E-state index in [1.807, 2.05) is 31.2 Å². The molecule has 36 heavy (non-hydrogen) atoms. The average molecular weight is 496 g/mol. The lowest BCUT2D eigenvalue weighted by Gasteiger charge is -2.25. The molecule has 2 heterocycles. The van der Waals surface area contributed by atoms with Crippen molar-refractivity contribution >= 4 is 17.1 Å². The first-order valence-corrected chi connectivity index (χ1v) is 11.6. The van der Waals surface area contributed by atoms with Crippen molar-refractivity contribution in [2.75, 3.05) is 6.61 Å². The maximum absolute atomic E-state index is 13.1. The molecule has 2 aromatic heterocycles. The van der Waals surface area contributed by atoms with Crippen molar-refractivity contribution in [1.29, 1.82) is 0 Å². The molecule has 7 nitrogen and oxygen atoms in total. The molecule has 1 saturated carbocycles. The van der Waals surface area contributed by atoms with Gasteiger partial charge in [-0.3, -0.25) is 0 Å². The fourth-order valence-corrected chi connectivity index (χ4v) is 4.20. The molecule has 186 valence electrons. The Labute approximate surface area is 204 Å². The summed E-state index contributed by atoms with van der Waals surface area (Å²) in [6, 6.07) is 12.5. The lowest BCUT2D eigenvalue weighted by Crippen LogP contribution is -2.20. The van der Waals surface area contributed by atoms with Crippen LogP contribution in [0.3, 0.4) is 0 Å². The van der Waals surface area contributed by atoms with E-state index in [2.05, 4.69) is 15.0 Å². The van der Waals surface area contributed by atoms with Crippen molar-refractivity contribution in [3.63, 3.8) is 0 Å². The molecule has 1 N–H and O–H groups in total. The lowest BCUT2D eigenvalue weighted by molar-refractivity contribution is -0.137. The standard InChI is InChI=1S/C26H23F3N4O3/c1-15-4-2-7-18(12-15)23-31-21-20(33(23)13-16-8-10-19(11-9-16)26(27,28)29)24(32-22(30-21)25(34)35)36-14-17-5-3-6-17/h2,4,7-12,17H,3,5-6,13-14H2,1H3,(H,34,35). The quantitative estimate of drug-likeness (QED) is 0.351. The first-order chi connectivity index (χ1) is 17.2. The third-order valence-electron chi connectivity index (χ3n) is 6.34. The highest BCUT2D eigenvalue weighted by Crippen LogP contribution is 2.34. The van der Waals surface area contributed by atoms with Crippen LogP contribution in [0.15, 0.2) is 48.5 Å². The van der Waals surface area contributed by atoms with E-state index in [0.717, 1.165) is 42.5 Å². The van der Waals surface area contributed by atoms with Gasteiger partial charge in [0.05, 0.1) is 12.2 Å². The summed E-state index contributed by atoms with van der Waals surface area (Å²) >= 11 is 0. The van der Waals surface area contributed by atoms with Crippen molar-refractivity contribution in [3.05, 3.63) is 71.0 Å². The fraction of sp³-hybridized carbons (Fsp3) is 0.308. The Morgan fingerprint density at radius 2 is 1.86 bits per heavy atom. The van der Waals surface area contributed by atoms with Crippen LogP contribution in [-0.4, -0.2) is 37.2 Å². The second-order valence-electron chi connectivity index (χ2n) is 9.02. The Bertz CT molecular complexity index is 1430. The highest BCUT2D eigenvalue weighted by atomic mass is 19.4. The van der Waals surface area contributed by atoms with Gasteiger partial charge in [-0.05, 0) is 49.4 Å². The average Bonchev–Trinajstić information content (AvgIpc) is 3.16. The summed E-state index contributed by atoms with van der Waals surface area (Å²) in [5.41, 5.74) is 2.15. The number of carbonyl (C=O) groups is 1. The van der Waals surface area contributed by atoms with Crippen molar-refractivity contribution in [1.82, 2.24) is 19.5 Å². The van der Waals surface area contributed by atoms with Crippen LogP contribution in [0.2, 0.25) is 0 Å². The van der Waals surface area contributed by atoms with E-state index in [9.17, 15) is 23.1 Å². The van der Waals surface area contributed by atoms with Gasteiger partial charge in [-0.25, -0.2) is 14.8 Å². The van der Waals surface area contributed by atoms with E-state index in [4.69, 9.17) is 4.74 Å². The van der Waals surface area contributed by atoms with Gasteiger partial charge in [0.15, 0.2) is 11.2 Å². The first-order valence-electron chi connectivity index (χ1n) is 11.6. The maximum atomic E-state index is 13.1. The summed E-state index contributed by atoms with van der Waals surface area (Å²) in [7, 11) is 0. The fourth-order valence-electron chi connectivity index (χ4n) is 4.20. The van der Waals surface area contributed by atoms with Crippen LogP contribution in [0, 0.1) is 12.8 Å². The predicted molar refractivity (Wildman–Crippen MR) is 126 cm³/mol. The Hall–Kier alpha value is -3.95. The first kappa shape index (κ1) is 23.8. The minimum atomic E-state index is -4.43. The number of nitrogens with zero attached hydrogens (tertiary/aromatic N) is 4. The van der Waals surface area contributed by atoms with Gasteiger partial charge in [-0.1, -0.05) is 42.3 Å². The molecule has 0 bridgehead atoms. The molecule has 0 aliphatic heterocycles. The van der Waals surface area contributed by atoms with Crippen LogP contribution in [0.1, 0.15) is 46.6 Å². The zero-order valence-corrected chi connectivity index (χ0v) is 19.4. The number of alkyl halides is 3. The number of fused-ring (bicyclic) bond motifs is 1. The van der Waals surface area contributed by atoms with Crippen LogP contribution in [-0.2, 0) is 12.7 Å². The Morgan fingerprint density at radius 3 is 2.47 bits per heavy atom. The largest absolute Gasteiger partial charge is 0.476 e. The molecule has 0 unspecified atom stereocenters. The van der Waals surface area contributed by atoms with Gasteiger partial charge in [-0.15, -0.1) is 0 Å². The van der Waals surface area contributed by atoms with Crippen LogP contribution < -0.4 is 4.74 Å². The number of carboxylic acids is 1. The SMILES string of the molecule is Cc1cccc(-c2nc3nc(C(=O)O)nc(OCC4CCC4)c3n2Cc2ccc(C(F)(F)F)cc2)c1. The summed E-state index contributed by atoms with van der Waals surface area (Å²) in [4.78, 5) is 24.6. The van der Waals surface area contributed by atoms with Gasteiger partial charge in [0.25, 0.3) is 0 Å². The summed E-state index contributed by atoms with van der Waals surface area (Å²) < 4.78 is 47.0. The Morgan fingerprint density at radius 1 is 1.11 bits per heavy atom. The molecule has 5 rings (SSSR count). The minimum Gasteiger partial charge on any atom is -0.476 e. The van der Waals surface area contributed by atoms with E-state index in [-0.39, 0.29) is 18.1 Å². The number of hydrogen-bond donors (Lipinski definition) is 1. The second-order valence-corrected chi connectivity index (χ2v) is 9.02. The summed E-state index contributed by atoms with van der Waals surface area (Å²) in [5.74, 6) is -0.784. The van der Waals surface area contributed by atoms with Gasteiger partial charge in [0, 0.05) is 12.1 Å². The molecular weight excluding hydrogens is 473 g/mol. The molecule has 1 aliphatic rings. The topological polar surface area (TPSA) is 90.1 Å². The number of aromatic carboxylic acids is 1. The van der Waals surface area contributed by atoms with Gasteiger partial charge < -0.3 is 14.4 Å². The molecule has 4 aromatic rings. The number of rotatable bonds is 7. The van der Waals surface area contributed by atoms with Crippen molar-refractivity contribution in [2.24, 2.45) is 5.92 Å². The van der Waals surface area contributed by atoms with Crippen LogP contribution in [0.4, 0.5) is 13.2 Å². The molecule has 0 atom stereocenters. The van der Waals surface area contributed by atoms with Crippen molar-refractivity contribution < 1.29 is 27.8 Å². The molecule has 1 aliphatic carbocycles. The molecular formula is C26H23F3N4O3.